The number of amides is 2. The fourth-order valence-corrected chi connectivity index (χ4v) is 3.29. The Hall–Kier alpha value is -3.00. The second-order valence-electron chi connectivity index (χ2n) is 6.28. The first-order valence-electron chi connectivity index (χ1n) is 8.89. The smallest absolute Gasteiger partial charge is 0.339 e. The van der Waals surface area contributed by atoms with E-state index in [1.165, 1.54) is 16.7 Å². The van der Waals surface area contributed by atoms with E-state index in [-0.39, 0.29) is 11.7 Å². The molecular weight excluding hydrogens is 392 g/mol. The van der Waals surface area contributed by atoms with Crippen molar-refractivity contribution in [3.05, 3.63) is 59.7 Å². The molecule has 7 nitrogen and oxygen atoms in total. The highest BCUT2D eigenvalue weighted by atomic mass is 32.2. The van der Waals surface area contributed by atoms with Crippen molar-refractivity contribution in [1.29, 1.82) is 0 Å². The number of hydrogen-bond donors (Lipinski definition) is 1. The Labute approximate surface area is 174 Å². The number of nitrogens with zero attached hydrogens (tertiary/aromatic N) is 1. The van der Waals surface area contributed by atoms with Crippen molar-refractivity contribution in [2.24, 2.45) is 0 Å². The van der Waals surface area contributed by atoms with Gasteiger partial charge in [0, 0.05) is 25.5 Å². The summed E-state index contributed by atoms with van der Waals surface area (Å²) < 4.78 is 10.3. The van der Waals surface area contributed by atoms with Crippen molar-refractivity contribution in [1.82, 2.24) is 10.2 Å². The van der Waals surface area contributed by atoms with Crippen LogP contribution in [0.2, 0.25) is 0 Å². The molecule has 2 aromatic carbocycles. The van der Waals surface area contributed by atoms with Gasteiger partial charge in [-0.05, 0) is 29.8 Å². The summed E-state index contributed by atoms with van der Waals surface area (Å²) in [5.74, 6) is -0.172. The Morgan fingerprint density at radius 1 is 1.07 bits per heavy atom. The van der Waals surface area contributed by atoms with Gasteiger partial charge in [-0.1, -0.05) is 24.3 Å². The molecular formula is C21H24N2O5S. The van der Waals surface area contributed by atoms with Gasteiger partial charge in [0.15, 0.2) is 6.61 Å². The lowest BCUT2D eigenvalue weighted by atomic mass is 10.2. The van der Waals surface area contributed by atoms with Crippen molar-refractivity contribution in [2.75, 3.05) is 33.6 Å². The van der Waals surface area contributed by atoms with Crippen LogP contribution in [-0.2, 0) is 20.9 Å². The normalized spacial score (nSPS) is 10.2. The summed E-state index contributed by atoms with van der Waals surface area (Å²) >= 11 is 1.25. The average Bonchev–Trinajstić information content (AvgIpc) is 2.74. The minimum absolute atomic E-state index is 0.0601. The first-order chi connectivity index (χ1) is 13.9. The molecule has 0 spiro atoms. The van der Waals surface area contributed by atoms with Gasteiger partial charge in [-0.15, -0.1) is 11.8 Å². The van der Waals surface area contributed by atoms with Crippen LogP contribution < -0.4 is 10.1 Å². The largest absolute Gasteiger partial charge is 0.497 e. The van der Waals surface area contributed by atoms with Crippen LogP contribution in [0.25, 0.3) is 0 Å². The molecule has 0 atom stereocenters. The summed E-state index contributed by atoms with van der Waals surface area (Å²) in [5, 5.41) is 2.70. The van der Waals surface area contributed by atoms with Gasteiger partial charge in [-0.25, -0.2) is 4.79 Å². The van der Waals surface area contributed by atoms with Gasteiger partial charge in [0.25, 0.3) is 5.91 Å². The Balaban J connectivity index is 1.86. The molecule has 0 saturated carbocycles. The van der Waals surface area contributed by atoms with Gasteiger partial charge >= 0.3 is 5.97 Å². The molecule has 0 aliphatic rings. The number of nitrogens with one attached hydrogen (secondary N) is 1. The maximum absolute atomic E-state index is 12.4. The zero-order chi connectivity index (χ0) is 21.2. The van der Waals surface area contributed by atoms with E-state index in [9.17, 15) is 14.4 Å². The average molecular weight is 416 g/mol. The quantitative estimate of drug-likeness (QED) is 0.499. The molecule has 0 radical (unpaired) electrons. The topological polar surface area (TPSA) is 84.9 Å². The summed E-state index contributed by atoms with van der Waals surface area (Å²) in [4.78, 5) is 38.3. The summed E-state index contributed by atoms with van der Waals surface area (Å²) in [6.45, 7) is -0.0922. The van der Waals surface area contributed by atoms with Crippen molar-refractivity contribution < 1.29 is 23.9 Å². The summed E-state index contributed by atoms with van der Waals surface area (Å²) in [7, 11) is 4.92. The van der Waals surface area contributed by atoms with Crippen molar-refractivity contribution in [3.8, 4) is 5.75 Å². The third-order valence-corrected chi connectivity index (χ3v) is 4.97. The molecule has 0 unspecified atom stereocenters. The molecule has 154 valence electrons. The Morgan fingerprint density at radius 2 is 1.83 bits per heavy atom. The molecule has 8 heteroatoms. The number of rotatable bonds is 9. The third kappa shape index (κ3) is 7.15. The summed E-state index contributed by atoms with van der Waals surface area (Å²) in [5.41, 5.74) is 1.20. The number of carbonyl (C=O) groups is 3. The Kier molecular flexibility index (Phi) is 8.54. The van der Waals surface area contributed by atoms with Gasteiger partial charge in [0.05, 0.1) is 18.4 Å². The molecule has 0 aromatic heterocycles. The number of esters is 1. The number of thioether (sulfide) groups is 1. The van der Waals surface area contributed by atoms with E-state index in [2.05, 4.69) is 5.32 Å². The van der Waals surface area contributed by atoms with E-state index in [0.29, 0.717) is 22.8 Å². The zero-order valence-electron chi connectivity index (χ0n) is 16.6. The number of methoxy groups -OCH3 is 1. The standard InChI is InChI=1S/C21H24N2O5S/c1-23(2)20(25)14-29-18-10-5-4-9-17(18)21(26)28-13-19(24)22-12-15-7-6-8-16(11-15)27-3/h4-11H,12-14H2,1-3H3,(H,22,24). The first-order valence-corrected chi connectivity index (χ1v) is 9.88. The monoisotopic (exact) mass is 416 g/mol. The van der Waals surface area contributed by atoms with Gasteiger partial charge in [0.1, 0.15) is 5.75 Å². The van der Waals surface area contributed by atoms with E-state index >= 15 is 0 Å². The van der Waals surface area contributed by atoms with Crippen LogP contribution in [0.5, 0.6) is 5.75 Å². The molecule has 0 aliphatic heterocycles. The maximum atomic E-state index is 12.4. The zero-order valence-corrected chi connectivity index (χ0v) is 17.5. The number of benzene rings is 2. The molecule has 0 saturated heterocycles. The predicted molar refractivity (Wildman–Crippen MR) is 111 cm³/mol. The van der Waals surface area contributed by atoms with E-state index in [4.69, 9.17) is 9.47 Å². The van der Waals surface area contributed by atoms with Crippen LogP contribution in [0.4, 0.5) is 0 Å². The van der Waals surface area contributed by atoms with E-state index in [1.54, 1.807) is 45.5 Å². The second-order valence-corrected chi connectivity index (χ2v) is 7.29. The molecule has 2 aromatic rings. The highest BCUT2D eigenvalue weighted by Gasteiger charge is 2.16. The third-order valence-electron chi connectivity index (χ3n) is 3.92. The lowest BCUT2D eigenvalue weighted by Gasteiger charge is -2.12. The lowest BCUT2D eigenvalue weighted by molar-refractivity contribution is -0.126. The maximum Gasteiger partial charge on any atom is 0.339 e. The van der Waals surface area contributed by atoms with Gasteiger partial charge in [-0.2, -0.15) is 0 Å². The van der Waals surface area contributed by atoms with Crippen molar-refractivity contribution >= 4 is 29.5 Å². The first kappa shape index (κ1) is 22.3. The molecule has 1 N–H and O–H groups in total. The molecule has 0 aliphatic carbocycles. The molecule has 0 fully saturated rings. The lowest BCUT2D eigenvalue weighted by Crippen LogP contribution is -2.28. The molecule has 0 heterocycles. The predicted octanol–water partition coefficient (Wildman–Crippen LogP) is 2.35. The van der Waals surface area contributed by atoms with Gasteiger partial charge < -0.3 is 19.7 Å². The number of ether oxygens (including phenoxy) is 2. The molecule has 2 rings (SSSR count). The number of hydrogen-bond acceptors (Lipinski definition) is 6. The van der Waals surface area contributed by atoms with Crippen LogP contribution >= 0.6 is 11.8 Å². The summed E-state index contributed by atoms with van der Waals surface area (Å²) in [6, 6.07) is 14.2. The molecule has 29 heavy (non-hydrogen) atoms. The van der Waals surface area contributed by atoms with Crippen LogP contribution in [0.3, 0.4) is 0 Å². The SMILES string of the molecule is COc1cccc(CNC(=O)COC(=O)c2ccccc2SCC(=O)N(C)C)c1. The van der Waals surface area contributed by atoms with E-state index in [1.807, 2.05) is 24.3 Å². The van der Waals surface area contributed by atoms with Gasteiger partial charge in [0.2, 0.25) is 5.91 Å². The highest BCUT2D eigenvalue weighted by molar-refractivity contribution is 8.00. The van der Waals surface area contributed by atoms with Crippen LogP contribution in [0.15, 0.2) is 53.4 Å². The van der Waals surface area contributed by atoms with Crippen molar-refractivity contribution in [2.45, 2.75) is 11.4 Å². The van der Waals surface area contributed by atoms with Gasteiger partial charge in [-0.3, -0.25) is 9.59 Å². The minimum Gasteiger partial charge on any atom is -0.497 e. The second kappa shape index (κ2) is 11.1. The fraction of sp³-hybridized carbons (Fsp3) is 0.286. The fourth-order valence-electron chi connectivity index (χ4n) is 2.27. The minimum atomic E-state index is -0.609. The van der Waals surface area contributed by atoms with Crippen molar-refractivity contribution in [3.63, 3.8) is 0 Å². The van der Waals surface area contributed by atoms with Crippen LogP contribution in [0, 0.1) is 0 Å². The van der Waals surface area contributed by atoms with E-state index in [0.717, 1.165) is 5.56 Å². The van der Waals surface area contributed by atoms with Crippen LogP contribution in [-0.4, -0.2) is 56.2 Å². The molecule has 0 bridgehead atoms. The van der Waals surface area contributed by atoms with E-state index < -0.39 is 18.5 Å². The van der Waals surface area contributed by atoms with Crippen LogP contribution in [0.1, 0.15) is 15.9 Å². The number of carbonyl (C=O) groups excluding carboxylic acids is 3. The Bertz CT molecular complexity index is 870. The summed E-state index contributed by atoms with van der Waals surface area (Å²) in [6.07, 6.45) is 0. The molecule has 2 amide bonds. The Morgan fingerprint density at radius 3 is 2.55 bits per heavy atom. The highest BCUT2D eigenvalue weighted by Crippen LogP contribution is 2.23.